The van der Waals surface area contributed by atoms with Crippen LogP contribution in [0.2, 0.25) is 0 Å². The average molecular weight is 258 g/mol. The van der Waals surface area contributed by atoms with Crippen LogP contribution in [-0.4, -0.2) is 0 Å². The summed E-state index contributed by atoms with van der Waals surface area (Å²) in [6.07, 6.45) is 8.16. The number of fused-ring (bicyclic) bond motifs is 2. The second kappa shape index (κ2) is 4.49. The first-order chi connectivity index (χ1) is 9.83. The topological polar surface area (TPSA) is 0 Å². The summed E-state index contributed by atoms with van der Waals surface area (Å²) >= 11 is 0. The molecular formula is C20H18. The highest BCUT2D eigenvalue weighted by Crippen LogP contribution is 2.41. The van der Waals surface area contributed by atoms with Crippen LogP contribution < -0.4 is 0 Å². The minimum atomic E-state index is 0.534. The number of allylic oxidation sites excluding steroid dienone is 2. The van der Waals surface area contributed by atoms with E-state index in [4.69, 9.17) is 0 Å². The van der Waals surface area contributed by atoms with Crippen molar-refractivity contribution in [2.75, 3.05) is 0 Å². The van der Waals surface area contributed by atoms with Crippen molar-refractivity contribution in [3.05, 3.63) is 82.4 Å². The molecule has 0 radical (unpaired) electrons. The molecule has 20 heavy (non-hydrogen) atoms. The maximum Gasteiger partial charge on any atom is 0.00903 e. The van der Waals surface area contributed by atoms with E-state index < -0.39 is 0 Å². The molecule has 2 unspecified atom stereocenters. The van der Waals surface area contributed by atoms with Crippen LogP contribution >= 0.6 is 0 Å². The highest BCUT2D eigenvalue weighted by atomic mass is 14.3. The van der Waals surface area contributed by atoms with Crippen LogP contribution in [0.3, 0.4) is 0 Å². The van der Waals surface area contributed by atoms with Crippen LogP contribution in [-0.2, 0) is 6.42 Å². The van der Waals surface area contributed by atoms with Crippen molar-refractivity contribution in [1.29, 1.82) is 0 Å². The first kappa shape index (κ1) is 11.7. The third-order valence-electron chi connectivity index (χ3n) is 4.75. The molecule has 0 saturated carbocycles. The molecule has 4 rings (SSSR count). The van der Waals surface area contributed by atoms with E-state index in [1.165, 1.54) is 22.3 Å². The molecule has 0 saturated heterocycles. The van der Waals surface area contributed by atoms with Crippen molar-refractivity contribution in [2.45, 2.75) is 19.3 Å². The summed E-state index contributed by atoms with van der Waals surface area (Å²) in [5.74, 6) is 1.11. The van der Waals surface area contributed by atoms with Crippen LogP contribution in [0.5, 0.6) is 0 Å². The van der Waals surface area contributed by atoms with Crippen LogP contribution in [0.15, 0.2) is 60.2 Å². The first-order valence-electron chi connectivity index (χ1n) is 7.38. The molecule has 0 N–H and O–H groups in total. The third-order valence-corrected chi connectivity index (χ3v) is 4.75. The summed E-state index contributed by atoms with van der Waals surface area (Å²) < 4.78 is 0. The fraction of sp³-hybridized carbons (Fsp3) is 0.200. The summed E-state index contributed by atoms with van der Waals surface area (Å²) in [7, 11) is 0. The summed E-state index contributed by atoms with van der Waals surface area (Å²) in [6.45, 7) is 2.37. The Kier molecular flexibility index (Phi) is 2.63. The van der Waals surface area contributed by atoms with Gasteiger partial charge < -0.3 is 0 Å². The molecule has 2 aromatic carbocycles. The van der Waals surface area contributed by atoms with E-state index in [2.05, 4.69) is 73.7 Å². The molecule has 0 aromatic heterocycles. The highest BCUT2D eigenvalue weighted by Gasteiger charge is 2.27. The van der Waals surface area contributed by atoms with Crippen molar-refractivity contribution in [1.82, 2.24) is 0 Å². The fourth-order valence-corrected chi connectivity index (χ4v) is 3.54. The van der Waals surface area contributed by atoms with Crippen molar-refractivity contribution in [2.24, 2.45) is 5.92 Å². The number of hydrogen-bond donors (Lipinski definition) is 0. The highest BCUT2D eigenvalue weighted by molar-refractivity contribution is 5.67. The Morgan fingerprint density at radius 2 is 1.70 bits per heavy atom. The SMILES string of the molecule is CC(C1=Cc2ccccc2C1)C1C=Cc2ccccc21. The minimum Gasteiger partial charge on any atom is -0.0758 e. The molecule has 2 aliphatic carbocycles. The summed E-state index contributed by atoms with van der Waals surface area (Å²) in [5.41, 5.74) is 7.32. The Bertz CT molecular complexity index is 718. The van der Waals surface area contributed by atoms with Crippen LogP contribution in [0.4, 0.5) is 0 Å². The lowest BCUT2D eigenvalue weighted by Gasteiger charge is -2.21. The number of rotatable bonds is 2. The molecule has 0 bridgehead atoms. The van der Waals surface area contributed by atoms with Gasteiger partial charge >= 0.3 is 0 Å². The van der Waals surface area contributed by atoms with Gasteiger partial charge in [-0.05, 0) is 34.6 Å². The van der Waals surface area contributed by atoms with Crippen molar-refractivity contribution in [3.8, 4) is 0 Å². The van der Waals surface area contributed by atoms with E-state index >= 15 is 0 Å². The van der Waals surface area contributed by atoms with Crippen LogP contribution in [0.25, 0.3) is 12.2 Å². The van der Waals surface area contributed by atoms with Gasteiger partial charge in [-0.3, -0.25) is 0 Å². The molecule has 0 spiro atoms. The first-order valence-corrected chi connectivity index (χ1v) is 7.38. The van der Waals surface area contributed by atoms with Crippen molar-refractivity contribution >= 4 is 12.2 Å². The van der Waals surface area contributed by atoms with Gasteiger partial charge in [0.25, 0.3) is 0 Å². The molecule has 0 nitrogen and oxygen atoms in total. The molecule has 0 heterocycles. The largest absolute Gasteiger partial charge is 0.0758 e. The Hall–Kier alpha value is -2.08. The lowest BCUT2D eigenvalue weighted by Crippen LogP contribution is -2.09. The quantitative estimate of drug-likeness (QED) is 0.705. The van der Waals surface area contributed by atoms with Crippen molar-refractivity contribution < 1.29 is 0 Å². The molecule has 98 valence electrons. The van der Waals surface area contributed by atoms with Crippen LogP contribution in [0, 0.1) is 5.92 Å². The number of hydrogen-bond acceptors (Lipinski definition) is 0. The van der Waals surface area contributed by atoms with E-state index in [0.29, 0.717) is 11.8 Å². The van der Waals surface area contributed by atoms with Crippen molar-refractivity contribution in [3.63, 3.8) is 0 Å². The van der Waals surface area contributed by atoms with Gasteiger partial charge in [0.15, 0.2) is 0 Å². The fourth-order valence-electron chi connectivity index (χ4n) is 3.54. The normalized spacial score (nSPS) is 20.4. The lowest BCUT2D eigenvalue weighted by molar-refractivity contribution is 0.606. The second-order valence-electron chi connectivity index (χ2n) is 5.90. The molecule has 2 aromatic rings. The standard InChI is InChI=1S/C20H18/c1-14(18-12-16-7-2-3-8-17(16)13-18)19-11-10-15-6-4-5-9-20(15)19/h2-12,14,19H,13H2,1H3. The van der Waals surface area contributed by atoms with Gasteiger partial charge in [-0.2, -0.15) is 0 Å². The maximum absolute atomic E-state index is 2.40. The predicted octanol–water partition coefficient (Wildman–Crippen LogP) is 5.07. The predicted molar refractivity (Wildman–Crippen MR) is 85.5 cm³/mol. The summed E-state index contributed by atoms with van der Waals surface area (Å²) in [4.78, 5) is 0. The number of benzene rings is 2. The Labute approximate surface area is 120 Å². The van der Waals surface area contributed by atoms with Gasteiger partial charge in [-0.1, -0.05) is 79.3 Å². The molecule has 0 aliphatic heterocycles. The molecule has 0 amide bonds. The van der Waals surface area contributed by atoms with E-state index in [-0.39, 0.29) is 0 Å². The van der Waals surface area contributed by atoms with Gasteiger partial charge in [0.1, 0.15) is 0 Å². The van der Waals surface area contributed by atoms with Gasteiger partial charge in [0.05, 0.1) is 0 Å². The van der Waals surface area contributed by atoms with Crippen LogP contribution in [0.1, 0.15) is 35.1 Å². The zero-order chi connectivity index (χ0) is 13.5. The third kappa shape index (κ3) is 1.76. The van der Waals surface area contributed by atoms with Gasteiger partial charge in [-0.25, -0.2) is 0 Å². The van der Waals surface area contributed by atoms with E-state index in [1.807, 2.05) is 0 Å². The molecule has 2 aliphatic rings. The zero-order valence-electron chi connectivity index (χ0n) is 11.7. The van der Waals surface area contributed by atoms with E-state index in [1.54, 1.807) is 5.57 Å². The summed E-state index contributed by atoms with van der Waals surface area (Å²) in [5, 5.41) is 0. The van der Waals surface area contributed by atoms with Gasteiger partial charge in [0.2, 0.25) is 0 Å². The minimum absolute atomic E-state index is 0.534. The Balaban J connectivity index is 1.65. The second-order valence-corrected chi connectivity index (χ2v) is 5.90. The van der Waals surface area contributed by atoms with Gasteiger partial charge in [-0.15, -0.1) is 0 Å². The zero-order valence-corrected chi connectivity index (χ0v) is 11.7. The Morgan fingerprint density at radius 1 is 0.950 bits per heavy atom. The van der Waals surface area contributed by atoms with E-state index in [9.17, 15) is 0 Å². The van der Waals surface area contributed by atoms with Gasteiger partial charge in [0, 0.05) is 5.92 Å². The maximum atomic E-state index is 2.40. The Morgan fingerprint density at radius 3 is 2.55 bits per heavy atom. The molecular weight excluding hydrogens is 240 g/mol. The molecule has 0 heteroatoms. The average Bonchev–Trinajstić information content (AvgIpc) is 3.10. The lowest BCUT2D eigenvalue weighted by atomic mass is 9.83. The summed E-state index contributed by atoms with van der Waals surface area (Å²) in [6, 6.07) is 17.5. The smallest absolute Gasteiger partial charge is 0.00903 e. The molecule has 0 fully saturated rings. The monoisotopic (exact) mass is 258 g/mol. The van der Waals surface area contributed by atoms with E-state index in [0.717, 1.165) is 6.42 Å². The molecule has 2 atom stereocenters.